The smallest absolute Gasteiger partial charge is 0.340 e. The van der Waals surface area contributed by atoms with Gasteiger partial charge in [0.2, 0.25) is 0 Å². The Hall–Kier alpha value is -2.59. The molecule has 0 aliphatic heterocycles. The highest BCUT2D eigenvalue weighted by Gasteiger charge is 2.81. The second-order valence-electron chi connectivity index (χ2n) is 11.7. The molecule has 1 aromatic carbocycles. The van der Waals surface area contributed by atoms with E-state index in [9.17, 15) is 25.0 Å². The van der Waals surface area contributed by atoms with Gasteiger partial charge in [-0.05, 0) is 53.9 Å². The zero-order valence-corrected chi connectivity index (χ0v) is 21.0. The van der Waals surface area contributed by atoms with E-state index in [0.29, 0.717) is 12.0 Å². The summed E-state index contributed by atoms with van der Waals surface area (Å²) in [6.45, 7) is 7.15. The summed E-state index contributed by atoms with van der Waals surface area (Å²) < 4.78 is 5.88. The number of nitroso groups, excluding NO2 is 1. The first-order valence-electron chi connectivity index (χ1n) is 12.4. The van der Waals surface area contributed by atoms with Gasteiger partial charge in [-0.3, -0.25) is 0 Å². The zero-order chi connectivity index (χ0) is 26.4. The van der Waals surface area contributed by atoms with E-state index in [1.54, 1.807) is 37.3 Å². The lowest BCUT2D eigenvalue weighted by Gasteiger charge is -2.52. The topological polar surface area (TPSA) is 168 Å². The van der Waals surface area contributed by atoms with Crippen molar-refractivity contribution in [1.82, 2.24) is 0 Å². The van der Waals surface area contributed by atoms with Crippen LogP contribution in [0.1, 0.15) is 44.5 Å². The second-order valence-corrected chi connectivity index (χ2v) is 11.7. The lowest BCUT2D eigenvalue weighted by molar-refractivity contribution is -0.185. The van der Waals surface area contributed by atoms with Crippen LogP contribution < -0.4 is 11.5 Å². The molecule has 1 spiro atoms. The highest BCUT2D eigenvalue weighted by Crippen LogP contribution is 2.74. The van der Waals surface area contributed by atoms with Crippen molar-refractivity contribution in [2.45, 2.75) is 63.5 Å². The van der Waals surface area contributed by atoms with Crippen molar-refractivity contribution in [2.75, 3.05) is 12.3 Å². The maximum absolute atomic E-state index is 13.2. The molecule has 0 amide bonds. The summed E-state index contributed by atoms with van der Waals surface area (Å²) in [6.07, 6.45) is 1.43. The van der Waals surface area contributed by atoms with Gasteiger partial charge in [-0.15, -0.1) is 0 Å². The van der Waals surface area contributed by atoms with Crippen LogP contribution in [0, 0.1) is 33.5 Å². The number of hydrogen-bond acceptors (Lipinski definition) is 9. The molecule has 0 saturated heterocycles. The minimum Gasteiger partial charge on any atom is -0.451 e. The van der Waals surface area contributed by atoms with Crippen molar-refractivity contribution in [2.24, 2.45) is 39.5 Å². The molecule has 0 heterocycles. The number of fused-ring (bicyclic) bond motifs is 3. The molecule has 2 fully saturated rings. The van der Waals surface area contributed by atoms with E-state index < -0.39 is 53.3 Å². The van der Waals surface area contributed by atoms with Crippen LogP contribution >= 0.6 is 0 Å². The fourth-order valence-corrected chi connectivity index (χ4v) is 8.03. The molecule has 7 N–H and O–H groups in total. The first-order chi connectivity index (χ1) is 16.8. The third-order valence-electron chi connectivity index (χ3n) is 10.1. The number of rotatable bonds is 4. The third-order valence-corrected chi connectivity index (χ3v) is 10.1. The highest BCUT2D eigenvalue weighted by atomic mass is 16.6. The summed E-state index contributed by atoms with van der Waals surface area (Å²) in [5.74, 6) is -1.74. The summed E-state index contributed by atoms with van der Waals surface area (Å²) >= 11 is 0. The van der Waals surface area contributed by atoms with Gasteiger partial charge in [0.1, 0.15) is 11.6 Å². The van der Waals surface area contributed by atoms with Gasteiger partial charge in [0.15, 0.2) is 6.10 Å². The normalized spacial score (nSPS) is 44.2. The van der Waals surface area contributed by atoms with Gasteiger partial charge in [-0.1, -0.05) is 50.2 Å². The van der Waals surface area contributed by atoms with Crippen molar-refractivity contribution >= 4 is 11.7 Å². The molecule has 3 unspecified atom stereocenters. The fraction of sp³-hybridized carbons (Fsp3) is 0.593. The Morgan fingerprint density at radius 2 is 1.94 bits per heavy atom. The number of hydrogen-bond donors (Lipinski definition) is 5. The van der Waals surface area contributed by atoms with E-state index in [1.165, 1.54) is 6.07 Å². The van der Waals surface area contributed by atoms with Crippen LogP contribution in [0.25, 0.3) is 0 Å². The van der Waals surface area contributed by atoms with Gasteiger partial charge < -0.3 is 31.5 Å². The van der Waals surface area contributed by atoms with E-state index in [4.69, 9.17) is 16.2 Å². The van der Waals surface area contributed by atoms with E-state index in [0.717, 1.165) is 0 Å². The van der Waals surface area contributed by atoms with Crippen LogP contribution in [-0.2, 0) is 4.74 Å². The monoisotopic (exact) mass is 497 g/mol. The standard InChI is InChI=1S/C27H35N3O6/c1-13-11-25-14(2)9-19-24(3,4)26(19,29)17(21(25)32)10-15(12-31)20(30-35)27(25,34)22(13)36-23(33)16-7-5-6-8-18(16)28/h5-8,10-11,14,17,19-22,31-32,34H,9,12,28-29H2,1-4H3/t14-,17-,19+,20-,21?,22?,25?,26-,27+/m1/s1. The molecule has 4 aliphatic carbocycles. The molecule has 194 valence electrons. The summed E-state index contributed by atoms with van der Waals surface area (Å²) in [5.41, 5.74) is 9.25. The summed E-state index contributed by atoms with van der Waals surface area (Å²) in [7, 11) is 0. The SMILES string of the molecule is CC1=CC23C(O)[C@@H](C=C(CO)[C@@H](N=O)[C@]2(O)C1OC(=O)c1ccccc1N)[C@@]1(N)[C@@H](C[C@H]3C)C1(C)C. The molecular weight excluding hydrogens is 462 g/mol. The number of nitrogens with zero attached hydrogens (tertiary/aromatic N) is 1. The molecule has 9 nitrogen and oxygen atoms in total. The number of para-hydroxylation sites is 1. The van der Waals surface area contributed by atoms with Crippen LogP contribution in [0.3, 0.4) is 0 Å². The lowest BCUT2D eigenvalue weighted by Crippen LogP contribution is -2.67. The maximum atomic E-state index is 13.2. The Kier molecular flexibility index (Phi) is 5.37. The Balaban J connectivity index is 1.70. The van der Waals surface area contributed by atoms with Crippen LogP contribution in [0.5, 0.6) is 0 Å². The lowest BCUT2D eigenvalue weighted by atomic mass is 9.57. The summed E-state index contributed by atoms with van der Waals surface area (Å²) in [5, 5.41) is 38.3. The summed E-state index contributed by atoms with van der Waals surface area (Å²) in [6, 6.07) is 4.93. The first kappa shape index (κ1) is 25.1. The molecular formula is C27H35N3O6. The average Bonchev–Trinajstić information content (AvgIpc) is 3.20. The molecule has 0 radical (unpaired) electrons. The molecule has 9 atom stereocenters. The molecule has 2 bridgehead atoms. The number of carbonyl (C=O) groups excluding carboxylic acids is 1. The first-order valence-corrected chi connectivity index (χ1v) is 12.4. The Labute approximate surface area is 210 Å². The molecule has 5 rings (SSSR count). The number of nitrogens with two attached hydrogens (primary N) is 2. The van der Waals surface area contributed by atoms with Crippen LogP contribution in [-0.4, -0.2) is 57.3 Å². The summed E-state index contributed by atoms with van der Waals surface area (Å²) in [4.78, 5) is 25.6. The minimum absolute atomic E-state index is 0.0413. The number of esters is 1. The predicted octanol–water partition coefficient (Wildman–Crippen LogP) is 1.91. The van der Waals surface area contributed by atoms with E-state index in [1.807, 2.05) is 6.92 Å². The molecule has 0 aromatic heterocycles. The Morgan fingerprint density at radius 1 is 1.28 bits per heavy atom. The maximum Gasteiger partial charge on any atom is 0.340 e. The van der Waals surface area contributed by atoms with Crippen molar-refractivity contribution in [3.63, 3.8) is 0 Å². The number of nitrogen functional groups attached to an aromatic ring is 1. The number of aliphatic hydroxyl groups excluding tert-OH is 2. The van der Waals surface area contributed by atoms with Crippen molar-refractivity contribution in [1.29, 1.82) is 0 Å². The largest absolute Gasteiger partial charge is 0.451 e. The zero-order valence-electron chi connectivity index (χ0n) is 21.0. The Morgan fingerprint density at radius 3 is 2.56 bits per heavy atom. The molecule has 4 aliphatic rings. The number of anilines is 1. The van der Waals surface area contributed by atoms with Crippen LogP contribution in [0.2, 0.25) is 0 Å². The van der Waals surface area contributed by atoms with Crippen molar-refractivity contribution in [3.8, 4) is 0 Å². The third kappa shape index (κ3) is 2.72. The highest BCUT2D eigenvalue weighted by molar-refractivity contribution is 5.95. The number of carbonyl (C=O) groups is 1. The minimum atomic E-state index is -2.16. The van der Waals surface area contributed by atoms with Gasteiger partial charge in [-0.25, -0.2) is 4.79 Å². The quantitative estimate of drug-likeness (QED) is 0.182. The molecule has 1 aromatic rings. The Bertz CT molecular complexity index is 1200. The molecule has 2 saturated carbocycles. The van der Waals surface area contributed by atoms with E-state index >= 15 is 0 Å². The van der Waals surface area contributed by atoms with Gasteiger partial charge in [0.05, 0.1) is 23.7 Å². The average molecular weight is 498 g/mol. The molecule has 36 heavy (non-hydrogen) atoms. The number of aliphatic hydroxyl groups is 3. The van der Waals surface area contributed by atoms with Crippen LogP contribution in [0.4, 0.5) is 5.69 Å². The fourth-order valence-electron chi connectivity index (χ4n) is 8.03. The van der Waals surface area contributed by atoms with Gasteiger partial charge in [-0.2, -0.15) is 4.91 Å². The molecule has 9 heteroatoms. The van der Waals surface area contributed by atoms with Gasteiger partial charge in [0.25, 0.3) is 0 Å². The number of ether oxygens (including phenoxy) is 1. The number of benzene rings is 1. The van der Waals surface area contributed by atoms with Gasteiger partial charge >= 0.3 is 5.97 Å². The van der Waals surface area contributed by atoms with Crippen LogP contribution in [0.15, 0.2) is 52.7 Å². The van der Waals surface area contributed by atoms with Crippen molar-refractivity contribution in [3.05, 3.63) is 58.0 Å². The van der Waals surface area contributed by atoms with Gasteiger partial charge in [0, 0.05) is 17.1 Å². The van der Waals surface area contributed by atoms with Crippen molar-refractivity contribution < 1.29 is 24.9 Å². The van der Waals surface area contributed by atoms with E-state index in [-0.39, 0.29) is 34.1 Å². The van der Waals surface area contributed by atoms with E-state index in [2.05, 4.69) is 19.0 Å². The predicted molar refractivity (Wildman–Crippen MR) is 133 cm³/mol. The second kappa shape index (κ2) is 7.71.